The monoisotopic (exact) mass is 573 g/mol. The van der Waals surface area contributed by atoms with Crippen molar-refractivity contribution in [2.24, 2.45) is 5.92 Å². The van der Waals surface area contributed by atoms with E-state index in [1.165, 1.54) is 13.0 Å². The van der Waals surface area contributed by atoms with E-state index in [9.17, 15) is 31.5 Å². The molecule has 1 saturated carbocycles. The minimum absolute atomic E-state index is 0.0925. The first-order chi connectivity index (χ1) is 18.4. The van der Waals surface area contributed by atoms with Gasteiger partial charge in [-0.15, -0.1) is 0 Å². The number of ether oxygens (including phenoxy) is 1. The van der Waals surface area contributed by atoms with E-state index >= 15 is 4.39 Å². The number of alkyl halides is 3. The van der Waals surface area contributed by atoms with E-state index in [-0.39, 0.29) is 29.7 Å². The molecule has 0 spiro atoms. The Morgan fingerprint density at radius 1 is 1.15 bits per heavy atom. The van der Waals surface area contributed by atoms with Crippen LogP contribution >= 0.6 is 11.6 Å². The smallest absolute Gasteiger partial charge is 0.373 e. The molecule has 208 valence electrons. The van der Waals surface area contributed by atoms with Crippen molar-refractivity contribution in [3.05, 3.63) is 85.5 Å². The second-order valence-corrected chi connectivity index (χ2v) is 9.52. The van der Waals surface area contributed by atoms with E-state index in [4.69, 9.17) is 16.3 Å². The van der Waals surface area contributed by atoms with Gasteiger partial charge in [-0.3, -0.25) is 9.59 Å². The van der Waals surface area contributed by atoms with Crippen LogP contribution in [0.1, 0.15) is 42.1 Å². The highest BCUT2D eigenvalue weighted by atomic mass is 35.5. The number of benzene rings is 2. The summed E-state index contributed by atoms with van der Waals surface area (Å²) in [6.07, 6.45) is -4.70. The van der Waals surface area contributed by atoms with Gasteiger partial charge in [-0.25, -0.2) is 13.8 Å². The highest BCUT2D eigenvalue weighted by Gasteiger charge is 2.38. The number of aryl methyl sites for hydroxylation is 1. The summed E-state index contributed by atoms with van der Waals surface area (Å²) in [4.78, 5) is 30.0. The second-order valence-electron chi connectivity index (χ2n) is 9.08. The van der Waals surface area contributed by atoms with Gasteiger partial charge in [-0.05, 0) is 49.1 Å². The lowest BCUT2D eigenvalue weighted by atomic mass is 9.81. The molecular weight excluding hydrogens is 552 g/mol. The fraction of sp³-hybridized carbons (Fsp3) is 0.346. The molecule has 3 aromatic rings. The van der Waals surface area contributed by atoms with Crippen LogP contribution in [0.2, 0.25) is 5.02 Å². The number of amides is 1. The van der Waals surface area contributed by atoms with Crippen molar-refractivity contribution in [2.75, 3.05) is 0 Å². The fourth-order valence-electron chi connectivity index (χ4n) is 4.23. The molecule has 0 radical (unpaired) electrons. The molecule has 1 amide bonds. The van der Waals surface area contributed by atoms with Gasteiger partial charge < -0.3 is 15.0 Å². The van der Waals surface area contributed by atoms with Crippen LogP contribution in [0.15, 0.2) is 35.1 Å². The summed E-state index contributed by atoms with van der Waals surface area (Å²) >= 11 is 5.81. The number of aromatic amines is 1. The third kappa shape index (κ3) is 6.44. The topological polar surface area (TPSA) is 84.1 Å². The van der Waals surface area contributed by atoms with Crippen LogP contribution in [0.4, 0.5) is 26.3 Å². The van der Waals surface area contributed by atoms with Crippen molar-refractivity contribution in [1.82, 2.24) is 15.3 Å². The molecule has 1 fully saturated rings. The third-order valence-electron chi connectivity index (χ3n) is 6.36. The van der Waals surface area contributed by atoms with E-state index in [2.05, 4.69) is 10.3 Å². The molecule has 4 rings (SSSR count). The van der Waals surface area contributed by atoms with Crippen LogP contribution in [0.5, 0.6) is 0 Å². The molecule has 0 atom stereocenters. The molecule has 39 heavy (non-hydrogen) atoms. The summed E-state index contributed by atoms with van der Waals surface area (Å²) < 4.78 is 89.4. The summed E-state index contributed by atoms with van der Waals surface area (Å²) in [6.45, 7) is 1.09. The summed E-state index contributed by atoms with van der Waals surface area (Å²) in [7, 11) is 0. The average Bonchev–Trinajstić information content (AvgIpc) is 2.82. The van der Waals surface area contributed by atoms with Crippen LogP contribution in [0.25, 0.3) is 11.4 Å². The van der Waals surface area contributed by atoms with E-state index in [1.807, 2.05) is 4.98 Å². The zero-order chi connectivity index (χ0) is 28.5. The molecule has 6 nitrogen and oxygen atoms in total. The molecule has 13 heteroatoms. The highest BCUT2D eigenvalue weighted by molar-refractivity contribution is 6.30. The molecule has 0 aliphatic heterocycles. The Hall–Kier alpha value is -3.38. The van der Waals surface area contributed by atoms with Crippen LogP contribution in [0, 0.1) is 23.4 Å². The maximum atomic E-state index is 15.4. The molecule has 1 heterocycles. The number of aromatic nitrogens is 2. The molecule has 2 aromatic carbocycles. The highest BCUT2D eigenvalue weighted by Crippen LogP contribution is 2.38. The Labute approximate surface area is 223 Å². The SMILES string of the molecule is CCc1nc(-c2c(C(F)(F)F)ccc(CNC(=O)C3CC(OCc4cc(F)cc(Cl)c4)C3)c2F)[nH]c(=O)c1F. The van der Waals surface area contributed by atoms with E-state index in [1.54, 1.807) is 6.07 Å². The Bertz CT molecular complexity index is 1430. The number of halogens is 7. The first-order valence-electron chi connectivity index (χ1n) is 11.9. The lowest BCUT2D eigenvalue weighted by molar-refractivity contribution is -0.137. The van der Waals surface area contributed by atoms with Gasteiger partial charge in [-0.2, -0.15) is 17.6 Å². The number of H-pyrrole nitrogens is 1. The number of carbonyl (C=O) groups excluding carboxylic acids is 1. The lowest BCUT2D eigenvalue weighted by Gasteiger charge is -2.34. The van der Waals surface area contributed by atoms with Crippen LogP contribution in [-0.4, -0.2) is 22.0 Å². The molecular formula is C26H22ClF6N3O3. The summed E-state index contributed by atoms with van der Waals surface area (Å²) in [5.41, 5.74) is -3.95. The number of carbonyl (C=O) groups is 1. The second kappa shape index (κ2) is 11.4. The first-order valence-corrected chi connectivity index (χ1v) is 12.3. The van der Waals surface area contributed by atoms with Gasteiger partial charge in [0.2, 0.25) is 11.7 Å². The number of nitrogens with zero attached hydrogens (tertiary/aromatic N) is 1. The molecule has 0 unspecified atom stereocenters. The average molecular weight is 574 g/mol. The standard InChI is InChI=1S/C26H22ClF6N3O3/c1-2-19-22(30)25(38)36-23(35-19)20-18(26(31,32)33)4-3-13(21(20)29)10-34-24(37)14-7-17(8-14)39-11-12-5-15(27)9-16(28)6-12/h3-6,9,14,17H,2,7-8,10-11H2,1H3,(H,34,37)(H,35,36,38). The molecule has 1 aromatic heterocycles. The molecule has 0 bridgehead atoms. The van der Waals surface area contributed by atoms with Crippen molar-refractivity contribution >= 4 is 17.5 Å². The molecule has 2 N–H and O–H groups in total. The van der Waals surface area contributed by atoms with E-state index in [0.717, 1.165) is 12.1 Å². The molecule has 0 saturated heterocycles. The van der Waals surface area contributed by atoms with Gasteiger partial charge in [0, 0.05) is 23.0 Å². The van der Waals surface area contributed by atoms with Crippen molar-refractivity contribution in [3.8, 4) is 11.4 Å². The predicted molar refractivity (Wildman–Crippen MR) is 129 cm³/mol. The van der Waals surface area contributed by atoms with Gasteiger partial charge in [0.25, 0.3) is 5.56 Å². The molecule has 1 aliphatic rings. The van der Waals surface area contributed by atoms with Gasteiger partial charge in [-0.1, -0.05) is 24.6 Å². The van der Waals surface area contributed by atoms with E-state index in [0.29, 0.717) is 24.5 Å². The largest absolute Gasteiger partial charge is 0.417 e. The van der Waals surface area contributed by atoms with Crippen LogP contribution in [-0.2, 0) is 35.3 Å². The van der Waals surface area contributed by atoms with Gasteiger partial charge in [0.1, 0.15) is 17.5 Å². The van der Waals surface area contributed by atoms with Crippen molar-refractivity contribution in [3.63, 3.8) is 0 Å². The Morgan fingerprint density at radius 2 is 1.87 bits per heavy atom. The summed E-state index contributed by atoms with van der Waals surface area (Å²) in [6, 6.07) is 5.49. The number of hydrogen-bond acceptors (Lipinski definition) is 4. The fourth-order valence-corrected chi connectivity index (χ4v) is 4.48. The Kier molecular flexibility index (Phi) is 8.36. The van der Waals surface area contributed by atoms with Crippen molar-refractivity contribution < 1.29 is 35.9 Å². The lowest BCUT2D eigenvalue weighted by Crippen LogP contribution is -2.42. The van der Waals surface area contributed by atoms with Gasteiger partial charge in [0.15, 0.2) is 0 Å². The van der Waals surface area contributed by atoms with Gasteiger partial charge in [0.05, 0.1) is 29.5 Å². The third-order valence-corrected chi connectivity index (χ3v) is 6.58. The van der Waals surface area contributed by atoms with Crippen molar-refractivity contribution in [1.29, 1.82) is 0 Å². The zero-order valence-corrected chi connectivity index (χ0v) is 21.2. The normalized spacial score (nSPS) is 17.1. The van der Waals surface area contributed by atoms with Crippen LogP contribution in [0.3, 0.4) is 0 Å². The Balaban J connectivity index is 1.44. The predicted octanol–water partition coefficient (Wildman–Crippen LogP) is 5.70. The summed E-state index contributed by atoms with van der Waals surface area (Å²) in [5.74, 6) is -4.81. The zero-order valence-electron chi connectivity index (χ0n) is 20.4. The van der Waals surface area contributed by atoms with Crippen LogP contribution < -0.4 is 10.9 Å². The quantitative estimate of drug-likeness (QED) is 0.339. The molecule has 1 aliphatic carbocycles. The number of hydrogen-bond donors (Lipinski definition) is 2. The maximum Gasteiger partial charge on any atom is 0.417 e. The number of rotatable bonds is 8. The first kappa shape index (κ1) is 28.6. The minimum Gasteiger partial charge on any atom is -0.373 e. The minimum atomic E-state index is -5.00. The van der Waals surface area contributed by atoms with Gasteiger partial charge >= 0.3 is 6.18 Å². The van der Waals surface area contributed by atoms with E-state index < -0.39 is 70.2 Å². The maximum absolute atomic E-state index is 15.4. The van der Waals surface area contributed by atoms with Crippen molar-refractivity contribution in [2.45, 2.75) is 51.6 Å². The number of nitrogens with one attached hydrogen (secondary N) is 2. The summed E-state index contributed by atoms with van der Waals surface area (Å²) in [5, 5.41) is 2.72. The Morgan fingerprint density at radius 3 is 2.51 bits per heavy atom.